The molecule has 0 amide bonds. The van der Waals surface area contributed by atoms with E-state index in [4.69, 9.17) is 19.3 Å². The van der Waals surface area contributed by atoms with Gasteiger partial charge in [0, 0.05) is 24.2 Å². The van der Waals surface area contributed by atoms with Gasteiger partial charge in [0.05, 0.1) is 24.8 Å². The number of benzene rings is 2. The van der Waals surface area contributed by atoms with Crippen molar-refractivity contribution in [2.45, 2.75) is 19.0 Å². The summed E-state index contributed by atoms with van der Waals surface area (Å²) in [6, 6.07) is 8.66. The van der Waals surface area contributed by atoms with Crippen molar-refractivity contribution in [3.63, 3.8) is 0 Å². The second kappa shape index (κ2) is 10.1. The molecule has 184 valence electrons. The van der Waals surface area contributed by atoms with Gasteiger partial charge in [0.1, 0.15) is 31.1 Å². The number of methoxy groups -OCH3 is 1. The lowest BCUT2D eigenvalue weighted by Crippen LogP contribution is -2.16. The van der Waals surface area contributed by atoms with Crippen LogP contribution in [-0.4, -0.2) is 47.9 Å². The SMILES string of the molecule is COc1cc2c(cc1CCNc1cc(-c3ccc(CC(=O)O)c(C(F)(F)F)c3)ncn1)OCCO2. The highest BCUT2D eigenvalue weighted by molar-refractivity contribution is 5.72. The molecule has 0 spiro atoms. The molecule has 2 N–H and O–H groups in total. The standard InChI is InChI=1S/C24H22F3N3O5/c1-33-19-12-21-20(34-6-7-35-21)9-16(19)4-5-28-22-11-18(29-13-30-22)15-3-2-14(10-23(31)32)17(8-15)24(25,26)27/h2-3,8-9,11-13H,4-7,10H2,1H3,(H,31,32)(H,28,29,30). The first kappa shape index (κ1) is 24.1. The van der Waals surface area contributed by atoms with Gasteiger partial charge in [-0.3, -0.25) is 4.79 Å². The smallest absolute Gasteiger partial charge is 0.416 e. The maximum absolute atomic E-state index is 13.5. The summed E-state index contributed by atoms with van der Waals surface area (Å²) in [5.41, 5.74) is 0.0466. The summed E-state index contributed by atoms with van der Waals surface area (Å²) in [6.07, 6.45) is -3.62. The summed E-state index contributed by atoms with van der Waals surface area (Å²) in [4.78, 5) is 19.2. The third-order valence-corrected chi connectivity index (χ3v) is 5.37. The number of aromatic nitrogens is 2. The molecule has 3 aromatic rings. The Labute approximate surface area is 198 Å². The molecule has 4 rings (SSSR count). The molecule has 1 aliphatic heterocycles. The number of carboxylic acid groups (broad SMARTS) is 1. The van der Waals surface area contributed by atoms with Gasteiger partial charge in [-0.2, -0.15) is 13.2 Å². The number of fused-ring (bicyclic) bond motifs is 1. The molecule has 0 saturated carbocycles. The molecule has 2 aromatic carbocycles. The molecular weight excluding hydrogens is 467 g/mol. The second-order valence-electron chi connectivity index (χ2n) is 7.71. The van der Waals surface area contributed by atoms with Crippen LogP contribution in [0.2, 0.25) is 0 Å². The van der Waals surface area contributed by atoms with Crippen molar-refractivity contribution in [1.29, 1.82) is 0 Å². The van der Waals surface area contributed by atoms with Crippen molar-refractivity contribution in [3.8, 4) is 28.5 Å². The van der Waals surface area contributed by atoms with Gasteiger partial charge in [-0.1, -0.05) is 12.1 Å². The number of hydrogen-bond acceptors (Lipinski definition) is 7. The van der Waals surface area contributed by atoms with Crippen LogP contribution in [-0.2, 0) is 23.8 Å². The van der Waals surface area contributed by atoms with Crippen molar-refractivity contribution in [1.82, 2.24) is 9.97 Å². The molecule has 0 radical (unpaired) electrons. The van der Waals surface area contributed by atoms with E-state index in [1.807, 2.05) is 6.07 Å². The van der Waals surface area contributed by atoms with Crippen LogP contribution >= 0.6 is 0 Å². The van der Waals surface area contributed by atoms with Gasteiger partial charge >= 0.3 is 12.1 Å². The number of halogens is 3. The van der Waals surface area contributed by atoms with E-state index in [9.17, 15) is 18.0 Å². The number of nitrogens with zero attached hydrogens (tertiary/aromatic N) is 2. The highest BCUT2D eigenvalue weighted by Gasteiger charge is 2.34. The normalized spacial score (nSPS) is 12.8. The van der Waals surface area contributed by atoms with E-state index < -0.39 is 24.1 Å². The van der Waals surface area contributed by atoms with Crippen LogP contribution in [0.3, 0.4) is 0 Å². The predicted molar refractivity (Wildman–Crippen MR) is 120 cm³/mol. The third kappa shape index (κ3) is 5.73. The van der Waals surface area contributed by atoms with Crippen molar-refractivity contribution in [2.75, 3.05) is 32.2 Å². The molecule has 0 unspecified atom stereocenters. The molecule has 2 heterocycles. The molecule has 35 heavy (non-hydrogen) atoms. The Morgan fingerprint density at radius 1 is 1.09 bits per heavy atom. The highest BCUT2D eigenvalue weighted by Crippen LogP contribution is 2.37. The predicted octanol–water partition coefficient (Wildman–Crippen LogP) is 4.22. The Balaban J connectivity index is 1.50. The number of carboxylic acids is 1. The van der Waals surface area contributed by atoms with Gasteiger partial charge in [0.2, 0.25) is 0 Å². The van der Waals surface area contributed by atoms with E-state index >= 15 is 0 Å². The van der Waals surface area contributed by atoms with Gasteiger partial charge < -0.3 is 24.6 Å². The van der Waals surface area contributed by atoms with Crippen molar-refractivity contribution in [3.05, 3.63) is 59.4 Å². The summed E-state index contributed by atoms with van der Waals surface area (Å²) >= 11 is 0. The van der Waals surface area contributed by atoms with Crippen LogP contribution in [0, 0.1) is 0 Å². The minimum Gasteiger partial charge on any atom is -0.496 e. The molecule has 11 heteroatoms. The maximum Gasteiger partial charge on any atom is 0.416 e. The van der Waals surface area contributed by atoms with Crippen LogP contribution < -0.4 is 19.5 Å². The second-order valence-corrected chi connectivity index (χ2v) is 7.71. The first-order chi connectivity index (χ1) is 16.7. The average molecular weight is 489 g/mol. The maximum atomic E-state index is 13.5. The summed E-state index contributed by atoms with van der Waals surface area (Å²) < 4.78 is 57.1. The minimum absolute atomic E-state index is 0.199. The van der Waals surface area contributed by atoms with Crippen molar-refractivity contribution in [2.24, 2.45) is 0 Å². The van der Waals surface area contributed by atoms with Gasteiger partial charge in [-0.05, 0) is 29.7 Å². The summed E-state index contributed by atoms with van der Waals surface area (Å²) in [7, 11) is 1.57. The monoisotopic (exact) mass is 489 g/mol. The summed E-state index contributed by atoms with van der Waals surface area (Å²) in [6.45, 7) is 1.39. The highest BCUT2D eigenvalue weighted by atomic mass is 19.4. The number of aliphatic carboxylic acids is 1. The van der Waals surface area contributed by atoms with E-state index in [1.165, 1.54) is 18.5 Å². The number of carbonyl (C=O) groups is 1. The van der Waals surface area contributed by atoms with Crippen molar-refractivity contribution < 1.29 is 37.3 Å². The summed E-state index contributed by atoms with van der Waals surface area (Å²) in [5, 5.41) is 12.1. The number of hydrogen-bond donors (Lipinski definition) is 2. The Morgan fingerprint density at radius 2 is 1.83 bits per heavy atom. The topological polar surface area (TPSA) is 103 Å². The van der Waals surface area contributed by atoms with E-state index in [0.717, 1.165) is 17.7 Å². The number of ether oxygens (including phenoxy) is 3. The molecule has 0 aliphatic carbocycles. The molecule has 8 nitrogen and oxygen atoms in total. The molecule has 0 bridgehead atoms. The molecule has 1 aliphatic rings. The lowest BCUT2D eigenvalue weighted by molar-refractivity contribution is -0.139. The van der Waals surface area contributed by atoms with E-state index in [-0.39, 0.29) is 16.8 Å². The Morgan fingerprint density at radius 3 is 2.51 bits per heavy atom. The zero-order valence-electron chi connectivity index (χ0n) is 18.7. The lowest BCUT2D eigenvalue weighted by atomic mass is 9.99. The zero-order valence-corrected chi connectivity index (χ0v) is 18.7. The fourth-order valence-electron chi connectivity index (χ4n) is 3.75. The third-order valence-electron chi connectivity index (χ3n) is 5.37. The number of alkyl halides is 3. The lowest BCUT2D eigenvalue weighted by Gasteiger charge is -2.20. The zero-order chi connectivity index (χ0) is 25.0. The average Bonchev–Trinajstić information content (AvgIpc) is 2.83. The largest absolute Gasteiger partial charge is 0.496 e. The fraction of sp³-hybridized carbons (Fsp3) is 0.292. The first-order valence-corrected chi connectivity index (χ1v) is 10.7. The number of nitrogens with one attached hydrogen (secondary N) is 1. The van der Waals surface area contributed by atoms with Crippen LogP contribution in [0.4, 0.5) is 19.0 Å². The van der Waals surface area contributed by atoms with Gasteiger partial charge in [-0.15, -0.1) is 0 Å². The minimum atomic E-state index is -4.70. The van der Waals surface area contributed by atoms with E-state index in [1.54, 1.807) is 13.2 Å². The van der Waals surface area contributed by atoms with Gasteiger partial charge in [0.15, 0.2) is 11.5 Å². The van der Waals surface area contributed by atoms with Crippen LogP contribution in [0.25, 0.3) is 11.3 Å². The van der Waals surface area contributed by atoms with Gasteiger partial charge in [-0.25, -0.2) is 9.97 Å². The van der Waals surface area contributed by atoms with Crippen LogP contribution in [0.15, 0.2) is 42.7 Å². The van der Waals surface area contributed by atoms with E-state index in [0.29, 0.717) is 49.2 Å². The number of rotatable bonds is 8. The number of anilines is 1. The Hall–Kier alpha value is -4.02. The van der Waals surface area contributed by atoms with Crippen LogP contribution in [0.5, 0.6) is 17.2 Å². The van der Waals surface area contributed by atoms with Crippen molar-refractivity contribution >= 4 is 11.8 Å². The van der Waals surface area contributed by atoms with E-state index in [2.05, 4.69) is 15.3 Å². The molecule has 0 fully saturated rings. The first-order valence-electron chi connectivity index (χ1n) is 10.7. The fourth-order valence-corrected chi connectivity index (χ4v) is 3.75. The Kier molecular flexibility index (Phi) is 6.94. The molecular formula is C24H22F3N3O5. The molecule has 0 saturated heterocycles. The summed E-state index contributed by atoms with van der Waals surface area (Å²) in [5.74, 6) is 1.00. The van der Waals surface area contributed by atoms with Gasteiger partial charge in [0.25, 0.3) is 0 Å². The molecule has 1 aromatic heterocycles. The van der Waals surface area contributed by atoms with Crippen LogP contribution in [0.1, 0.15) is 16.7 Å². The molecule has 0 atom stereocenters. The quantitative estimate of drug-likeness (QED) is 0.485. The Bertz CT molecular complexity index is 1230.